The second kappa shape index (κ2) is 8.47. The maximum Gasteiger partial charge on any atom is 0.416 e. The lowest BCUT2D eigenvalue weighted by molar-refractivity contribution is -0.137. The number of hydrogen-bond donors (Lipinski definition) is 1. The SMILES string of the molecule is O=S(=O)(Nc1ccc2c(c1)CN(S(=O)(=O)c1ccccc1)CC2)c1ccc(C(F)(F)F)cc1. The van der Waals surface area contributed by atoms with Crippen molar-refractivity contribution in [2.24, 2.45) is 0 Å². The quantitative estimate of drug-likeness (QED) is 0.573. The van der Waals surface area contributed by atoms with Crippen LogP contribution in [0.2, 0.25) is 0 Å². The number of hydrogen-bond acceptors (Lipinski definition) is 4. The third-order valence-corrected chi connectivity index (χ3v) is 8.57. The van der Waals surface area contributed by atoms with Gasteiger partial charge in [-0.15, -0.1) is 0 Å². The van der Waals surface area contributed by atoms with Gasteiger partial charge in [-0.2, -0.15) is 17.5 Å². The van der Waals surface area contributed by atoms with Gasteiger partial charge in [-0.3, -0.25) is 4.72 Å². The zero-order chi connectivity index (χ0) is 23.9. The molecule has 174 valence electrons. The van der Waals surface area contributed by atoms with Crippen molar-refractivity contribution in [3.8, 4) is 0 Å². The average Bonchev–Trinajstić information content (AvgIpc) is 2.78. The Hall–Kier alpha value is -2.89. The summed E-state index contributed by atoms with van der Waals surface area (Å²) in [4.78, 5) is -0.144. The number of fused-ring (bicyclic) bond motifs is 1. The molecule has 1 N–H and O–H groups in total. The highest BCUT2D eigenvalue weighted by molar-refractivity contribution is 7.92. The number of rotatable bonds is 5. The third-order valence-electron chi connectivity index (χ3n) is 5.31. The molecule has 4 rings (SSSR count). The molecule has 11 heteroatoms. The molecule has 0 atom stereocenters. The van der Waals surface area contributed by atoms with Gasteiger partial charge in [0.25, 0.3) is 10.0 Å². The van der Waals surface area contributed by atoms with E-state index in [-0.39, 0.29) is 22.0 Å². The summed E-state index contributed by atoms with van der Waals surface area (Å²) in [5.74, 6) is 0. The average molecular weight is 497 g/mol. The van der Waals surface area contributed by atoms with Gasteiger partial charge in [0.1, 0.15) is 0 Å². The van der Waals surface area contributed by atoms with Crippen molar-refractivity contribution in [2.75, 3.05) is 11.3 Å². The molecule has 1 aliphatic heterocycles. The predicted molar refractivity (Wildman–Crippen MR) is 116 cm³/mol. The van der Waals surface area contributed by atoms with E-state index >= 15 is 0 Å². The first-order chi connectivity index (χ1) is 15.5. The molecule has 0 amide bonds. The minimum atomic E-state index is -4.57. The first kappa shape index (κ1) is 23.3. The smallest absolute Gasteiger partial charge is 0.280 e. The third kappa shape index (κ3) is 4.90. The van der Waals surface area contributed by atoms with Gasteiger partial charge in [0, 0.05) is 18.8 Å². The molecule has 0 saturated carbocycles. The van der Waals surface area contributed by atoms with E-state index < -0.39 is 31.8 Å². The van der Waals surface area contributed by atoms with E-state index in [0.29, 0.717) is 30.7 Å². The lowest BCUT2D eigenvalue weighted by Gasteiger charge is -2.28. The van der Waals surface area contributed by atoms with Gasteiger partial charge in [0.15, 0.2) is 0 Å². The highest BCUT2D eigenvalue weighted by Gasteiger charge is 2.31. The summed E-state index contributed by atoms with van der Waals surface area (Å²) in [6.07, 6.45) is -4.10. The molecule has 0 bridgehead atoms. The predicted octanol–water partition coefficient (Wildman–Crippen LogP) is 4.25. The normalized spacial score (nSPS) is 15.1. The molecule has 0 spiro atoms. The molecule has 0 fully saturated rings. The van der Waals surface area contributed by atoms with E-state index in [9.17, 15) is 30.0 Å². The minimum Gasteiger partial charge on any atom is -0.280 e. The van der Waals surface area contributed by atoms with Gasteiger partial charge < -0.3 is 0 Å². The summed E-state index contributed by atoms with van der Waals surface area (Å²) in [7, 11) is -7.85. The molecule has 0 aromatic heterocycles. The van der Waals surface area contributed by atoms with Crippen LogP contribution in [0.1, 0.15) is 16.7 Å². The van der Waals surface area contributed by atoms with E-state index in [1.165, 1.54) is 16.4 Å². The fourth-order valence-electron chi connectivity index (χ4n) is 3.58. The number of nitrogens with zero attached hydrogens (tertiary/aromatic N) is 1. The Kier molecular flexibility index (Phi) is 5.97. The maximum atomic E-state index is 12.9. The molecule has 6 nitrogen and oxygen atoms in total. The van der Waals surface area contributed by atoms with Crippen LogP contribution in [0.15, 0.2) is 82.6 Å². The van der Waals surface area contributed by atoms with Gasteiger partial charge in [-0.05, 0) is 66.1 Å². The molecule has 3 aromatic carbocycles. The number of sulfonamides is 2. The van der Waals surface area contributed by atoms with Gasteiger partial charge in [0.05, 0.1) is 15.4 Å². The summed E-state index contributed by atoms with van der Waals surface area (Å²) < 4.78 is 93.0. The van der Waals surface area contributed by atoms with Crippen molar-refractivity contribution in [1.82, 2.24) is 4.31 Å². The van der Waals surface area contributed by atoms with Crippen molar-refractivity contribution >= 4 is 25.7 Å². The van der Waals surface area contributed by atoms with Crippen molar-refractivity contribution in [3.63, 3.8) is 0 Å². The fraction of sp³-hybridized carbons (Fsp3) is 0.182. The molecule has 1 heterocycles. The molecular formula is C22H19F3N2O4S2. The molecule has 0 aliphatic carbocycles. The molecule has 0 unspecified atom stereocenters. The van der Waals surface area contributed by atoms with Crippen LogP contribution >= 0.6 is 0 Å². The van der Waals surface area contributed by atoms with Crippen molar-refractivity contribution in [1.29, 1.82) is 0 Å². The number of benzene rings is 3. The zero-order valence-electron chi connectivity index (χ0n) is 17.1. The van der Waals surface area contributed by atoms with Crippen molar-refractivity contribution in [3.05, 3.63) is 89.5 Å². The van der Waals surface area contributed by atoms with Crippen LogP contribution in [-0.4, -0.2) is 27.7 Å². The van der Waals surface area contributed by atoms with Crippen LogP contribution in [0.25, 0.3) is 0 Å². The zero-order valence-corrected chi connectivity index (χ0v) is 18.7. The molecule has 0 saturated heterocycles. The van der Waals surface area contributed by atoms with E-state index in [1.54, 1.807) is 36.4 Å². The highest BCUT2D eigenvalue weighted by atomic mass is 32.2. The summed E-state index contributed by atoms with van der Waals surface area (Å²) in [5.41, 5.74) is 0.780. The minimum absolute atomic E-state index is 0.0718. The van der Waals surface area contributed by atoms with Crippen LogP contribution in [0, 0.1) is 0 Å². The topological polar surface area (TPSA) is 83.6 Å². The molecule has 0 radical (unpaired) electrons. The Bertz CT molecular complexity index is 1370. The number of nitrogens with one attached hydrogen (secondary N) is 1. The van der Waals surface area contributed by atoms with Crippen molar-refractivity contribution < 1.29 is 30.0 Å². The van der Waals surface area contributed by atoms with Gasteiger partial charge in [-0.1, -0.05) is 24.3 Å². The first-order valence-electron chi connectivity index (χ1n) is 9.84. The first-order valence-corrected chi connectivity index (χ1v) is 12.8. The molecule has 33 heavy (non-hydrogen) atoms. The van der Waals surface area contributed by atoms with Crippen LogP contribution in [0.3, 0.4) is 0 Å². The highest BCUT2D eigenvalue weighted by Crippen LogP contribution is 2.31. The molecule has 1 aliphatic rings. The van der Waals surface area contributed by atoms with E-state index in [4.69, 9.17) is 0 Å². The Morgan fingerprint density at radius 2 is 1.45 bits per heavy atom. The largest absolute Gasteiger partial charge is 0.416 e. The molecular weight excluding hydrogens is 477 g/mol. The Morgan fingerprint density at radius 1 is 0.788 bits per heavy atom. The number of alkyl halides is 3. The summed E-state index contributed by atoms with van der Waals surface area (Å²) in [6, 6.07) is 16.0. The monoisotopic (exact) mass is 496 g/mol. The van der Waals surface area contributed by atoms with Crippen LogP contribution in [0.5, 0.6) is 0 Å². The lowest BCUT2D eigenvalue weighted by Crippen LogP contribution is -2.36. The Balaban J connectivity index is 1.56. The van der Waals surface area contributed by atoms with Gasteiger partial charge in [-0.25, -0.2) is 16.8 Å². The lowest BCUT2D eigenvalue weighted by atomic mass is 10.0. The van der Waals surface area contributed by atoms with E-state index in [0.717, 1.165) is 17.7 Å². The van der Waals surface area contributed by atoms with Crippen molar-refractivity contribution in [2.45, 2.75) is 28.9 Å². The van der Waals surface area contributed by atoms with Gasteiger partial charge in [0.2, 0.25) is 10.0 Å². The Morgan fingerprint density at radius 3 is 2.09 bits per heavy atom. The molecule has 3 aromatic rings. The van der Waals surface area contributed by atoms with E-state index in [2.05, 4.69) is 4.72 Å². The summed E-state index contributed by atoms with van der Waals surface area (Å²) >= 11 is 0. The van der Waals surface area contributed by atoms with Crippen LogP contribution in [-0.2, 0) is 39.2 Å². The van der Waals surface area contributed by atoms with Crippen LogP contribution in [0.4, 0.5) is 18.9 Å². The summed E-state index contributed by atoms with van der Waals surface area (Å²) in [5, 5.41) is 0. The summed E-state index contributed by atoms with van der Waals surface area (Å²) in [6.45, 7) is 0.364. The second-order valence-electron chi connectivity index (χ2n) is 7.51. The maximum absolute atomic E-state index is 12.9. The van der Waals surface area contributed by atoms with Crippen LogP contribution < -0.4 is 4.72 Å². The number of anilines is 1. The fourth-order valence-corrected chi connectivity index (χ4v) is 6.07. The Labute approximate surface area is 189 Å². The van der Waals surface area contributed by atoms with Gasteiger partial charge >= 0.3 is 6.18 Å². The van der Waals surface area contributed by atoms with E-state index in [1.807, 2.05) is 0 Å². The number of halogens is 3. The standard InChI is InChI=1S/C22H19F3N2O4S2/c23-22(24,25)18-7-10-20(11-8-18)32(28,29)26-19-9-6-16-12-13-27(15-17(16)14-19)33(30,31)21-4-2-1-3-5-21/h1-11,14,26H,12-13,15H2. The second-order valence-corrected chi connectivity index (χ2v) is 11.1.